The van der Waals surface area contributed by atoms with E-state index in [0.717, 1.165) is 29.8 Å². The fourth-order valence-electron chi connectivity index (χ4n) is 2.92. The quantitative estimate of drug-likeness (QED) is 0.797. The number of hydrogen-bond donors (Lipinski definition) is 1. The third-order valence-corrected chi connectivity index (χ3v) is 4.51. The summed E-state index contributed by atoms with van der Waals surface area (Å²) >= 11 is 0. The van der Waals surface area contributed by atoms with Crippen LogP contribution in [0, 0.1) is 5.82 Å². The van der Waals surface area contributed by atoms with Crippen LogP contribution < -0.4 is 5.32 Å². The van der Waals surface area contributed by atoms with E-state index < -0.39 is 5.41 Å². The second kappa shape index (κ2) is 5.60. The Bertz CT molecular complexity index is 851. The van der Waals surface area contributed by atoms with Gasteiger partial charge in [-0.1, -0.05) is 12.1 Å². The van der Waals surface area contributed by atoms with Gasteiger partial charge in [-0.05, 0) is 54.8 Å². The molecule has 2 aromatic carbocycles. The minimum atomic E-state index is -0.517. The third-order valence-electron chi connectivity index (χ3n) is 4.51. The molecule has 1 heterocycles. The van der Waals surface area contributed by atoms with Crippen molar-refractivity contribution in [3.63, 3.8) is 0 Å². The topological polar surface area (TPSA) is 46.9 Å². The summed E-state index contributed by atoms with van der Waals surface area (Å²) in [7, 11) is 0. The summed E-state index contributed by atoms with van der Waals surface area (Å²) in [5, 5.41) is 2.97. The van der Waals surface area contributed by atoms with Crippen molar-refractivity contribution in [3.8, 4) is 5.69 Å². The van der Waals surface area contributed by atoms with E-state index in [0.29, 0.717) is 0 Å². The molecule has 120 valence electrons. The molecule has 0 aliphatic heterocycles. The molecule has 4 nitrogen and oxygen atoms in total. The van der Waals surface area contributed by atoms with Gasteiger partial charge in [-0.3, -0.25) is 4.79 Å². The molecule has 0 radical (unpaired) electrons. The summed E-state index contributed by atoms with van der Waals surface area (Å²) in [5.74, 6) is -0.325. The summed E-state index contributed by atoms with van der Waals surface area (Å²) in [4.78, 5) is 16.7. The molecule has 1 amide bonds. The van der Waals surface area contributed by atoms with E-state index in [4.69, 9.17) is 0 Å². The average molecular weight is 321 g/mol. The fourth-order valence-corrected chi connectivity index (χ4v) is 2.92. The molecule has 0 atom stereocenters. The van der Waals surface area contributed by atoms with Crippen LogP contribution in [0.15, 0.2) is 67.3 Å². The number of carbonyl (C=O) groups excluding carboxylic acids is 1. The second-order valence-electron chi connectivity index (χ2n) is 6.06. The maximum Gasteiger partial charge on any atom is 0.235 e. The monoisotopic (exact) mass is 321 g/mol. The van der Waals surface area contributed by atoms with Gasteiger partial charge in [0.2, 0.25) is 5.91 Å². The van der Waals surface area contributed by atoms with E-state index in [1.807, 2.05) is 35.0 Å². The number of amides is 1. The summed E-state index contributed by atoms with van der Waals surface area (Å²) in [5.41, 5.74) is 2.08. The Morgan fingerprint density at radius 2 is 1.79 bits per heavy atom. The van der Waals surface area contributed by atoms with Crippen LogP contribution >= 0.6 is 0 Å². The lowest BCUT2D eigenvalue weighted by molar-refractivity contribution is -0.118. The Morgan fingerprint density at radius 3 is 2.38 bits per heavy atom. The van der Waals surface area contributed by atoms with Gasteiger partial charge in [0.15, 0.2) is 0 Å². The zero-order valence-electron chi connectivity index (χ0n) is 12.9. The minimum absolute atomic E-state index is 0.0375. The number of nitrogens with one attached hydrogen (secondary N) is 1. The highest BCUT2D eigenvalue weighted by Crippen LogP contribution is 2.49. The lowest BCUT2D eigenvalue weighted by atomic mass is 9.95. The van der Waals surface area contributed by atoms with Crippen molar-refractivity contribution in [1.29, 1.82) is 0 Å². The van der Waals surface area contributed by atoms with E-state index >= 15 is 0 Å². The van der Waals surface area contributed by atoms with Crippen molar-refractivity contribution in [3.05, 3.63) is 78.6 Å². The van der Waals surface area contributed by atoms with E-state index in [-0.39, 0.29) is 11.7 Å². The van der Waals surface area contributed by atoms with E-state index in [9.17, 15) is 9.18 Å². The van der Waals surface area contributed by atoms with Gasteiger partial charge >= 0.3 is 0 Å². The number of imidazole rings is 1. The first-order chi connectivity index (χ1) is 11.7. The Hall–Kier alpha value is -2.95. The molecule has 24 heavy (non-hydrogen) atoms. The predicted molar refractivity (Wildman–Crippen MR) is 89.5 cm³/mol. The molecule has 1 aliphatic carbocycles. The molecule has 1 saturated carbocycles. The van der Waals surface area contributed by atoms with Crippen LogP contribution in [-0.4, -0.2) is 15.5 Å². The smallest absolute Gasteiger partial charge is 0.235 e. The van der Waals surface area contributed by atoms with Gasteiger partial charge in [0.25, 0.3) is 0 Å². The van der Waals surface area contributed by atoms with Gasteiger partial charge in [0.1, 0.15) is 5.82 Å². The van der Waals surface area contributed by atoms with Gasteiger partial charge in [-0.15, -0.1) is 0 Å². The highest BCUT2D eigenvalue weighted by atomic mass is 19.1. The Labute approximate surface area is 139 Å². The molecule has 5 heteroatoms. The zero-order chi connectivity index (χ0) is 16.6. The number of benzene rings is 2. The predicted octanol–water partition coefficient (Wildman–Crippen LogP) is 3.68. The van der Waals surface area contributed by atoms with Gasteiger partial charge < -0.3 is 9.88 Å². The Morgan fingerprint density at radius 1 is 1.08 bits per heavy atom. The molecule has 1 aliphatic rings. The highest BCUT2D eigenvalue weighted by Gasteiger charge is 2.51. The number of nitrogens with zero attached hydrogens (tertiary/aromatic N) is 2. The molecule has 0 spiro atoms. The van der Waals surface area contributed by atoms with E-state index in [1.165, 1.54) is 12.1 Å². The number of aromatic nitrogens is 2. The zero-order valence-corrected chi connectivity index (χ0v) is 12.9. The normalized spacial score (nSPS) is 15.0. The first-order valence-corrected chi connectivity index (χ1v) is 7.83. The van der Waals surface area contributed by atoms with Crippen molar-refractivity contribution >= 4 is 11.6 Å². The molecule has 0 unspecified atom stereocenters. The molecule has 0 saturated heterocycles. The van der Waals surface area contributed by atoms with Gasteiger partial charge in [0.05, 0.1) is 11.7 Å². The van der Waals surface area contributed by atoms with Crippen molar-refractivity contribution in [1.82, 2.24) is 9.55 Å². The maximum absolute atomic E-state index is 13.1. The van der Waals surface area contributed by atoms with Crippen molar-refractivity contribution in [2.45, 2.75) is 18.3 Å². The Balaban J connectivity index is 1.51. The van der Waals surface area contributed by atoms with Crippen LogP contribution in [0.1, 0.15) is 18.4 Å². The lowest BCUT2D eigenvalue weighted by Crippen LogP contribution is -2.27. The molecule has 1 N–H and O–H groups in total. The summed E-state index contributed by atoms with van der Waals surface area (Å²) in [6.45, 7) is 0. The van der Waals surface area contributed by atoms with Crippen LogP contribution in [0.25, 0.3) is 5.69 Å². The molecule has 1 fully saturated rings. The Kier molecular flexibility index (Phi) is 3.41. The first-order valence-electron chi connectivity index (χ1n) is 7.83. The molecular formula is C19H16FN3O. The van der Waals surface area contributed by atoms with Crippen molar-refractivity contribution < 1.29 is 9.18 Å². The van der Waals surface area contributed by atoms with Gasteiger partial charge in [0, 0.05) is 23.8 Å². The first kappa shape index (κ1) is 14.6. The molecule has 4 rings (SSSR count). The lowest BCUT2D eigenvalue weighted by Gasteiger charge is -2.16. The van der Waals surface area contributed by atoms with Crippen LogP contribution in [0.3, 0.4) is 0 Å². The maximum atomic E-state index is 13.1. The van der Waals surface area contributed by atoms with Crippen LogP contribution in [0.4, 0.5) is 10.1 Å². The number of halogens is 1. The molecule has 3 aromatic rings. The standard InChI is InChI=1S/C19H16FN3O/c20-15-3-1-14(2-4-15)19(9-10-19)18(24)22-16-5-7-17(8-6-16)23-12-11-21-13-23/h1-8,11-13H,9-10H2,(H,22,24). The van der Waals surface area contributed by atoms with Crippen molar-refractivity contribution in [2.75, 3.05) is 5.32 Å². The minimum Gasteiger partial charge on any atom is -0.325 e. The SMILES string of the molecule is O=C(Nc1ccc(-n2ccnc2)cc1)C1(c2ccc(F)cc2)CC1. The van der Waals surface area contributed by atoms with E-state index in [1.54, 1.807) is 24.7 Å². The van der Waals surface area contributed by atoms with Crippen LogP contribution in [0.2, 0.25) is 0 Å². The van der Waals surface area contributed by atoms with Gasteiger partial charge in [-0.25, -0.2) is 9.37 Å². The van der Waals surface area contributed by atoms with Crippen LogP contribution in [0.5, 0.6) is 0 Å². The molecule has 0 bridgehead atoms. The summed E-state index contributed by atoms with van der Waals surface area (Å²) < 4.78 is 15.0. The van der Waals surface area contributed by atoms with Crippen LogP contribution in [-0.2, 0) is 10.2 Å². The average Bonchev–Trinajstić information content (AvgIpc) is 3.23. The van der Waals surface area contributed by atoms with Crippen molar-refractivity contribution in [2.24, 2.45) is 0 Å². The highest BCUT2D eigenvalue weighted by molar-refractivity contribution is 6.01. The number of rotatable bonds is 4. The number of hydrogen-bond acceptors (Lipinski definition) is 2. The second-order valence-corrected chi connectivity index (χ2v) is 6.06. The fraction of sp³-hybridized carbons (Fsp3) is 0.158. The number of carbonyl (C=O) groups is 1. The third kappa shape index (κ3) is 2.58. The summed E-state index contributed by atoms with van der Waals surface area (Å²) in [6.07, 6.45) is 6.88. The molecular weight excluding hydrogens is 305 g/mol. The molecule has 1 aromatic heterocycles. The van der Waals surface area contributed by atoms with E-state index in [2.05, 4.69) is 10.3 Å². The summed E-state index contributed by atoms with van der Waals surface area (Å²) in [6, 6.07) is 13.8. The number of anilines is 1. The van der Waals surface area contributed by atoms with Gasteiger partial charge in [-0.2, -0.15) is 0 Å². The largest absolute Gasteiger partial charge is 0.325 e.